The molecule has 2 aliphatic heterocycles. The molecule has 1 unspecified atom stereocenters. The molecule has 3 rings (SSSR count). The molecule has 0 radical (unpaired) electrons. The predicted molar refractivity (Wildman–Crippen MR) is 85.6 cm³/mol. The molecule has 1 N–H and O–H groups in total. The zero-order valence-corrected chi connectivity index (χ0v) is 13.6. The van der Waals surface area contributed by atoms with Crippen LogP contribution in [-0.4, -0.2) is 35.0 Å². The van der Waals surface area contributed by atoms with Crippen LogP contribution in [-0.2, 0) is 14.3 Å². The number of amides is 1. The number of ether oxygens (including phenoxy) is 1. The maximum Gasteiger partial charge on any atom is 0.377 e. The summed E-state index contributed by atoms with van der Waals surface area (Å²) in [5.74, 6) is -0.660. The van der Waals surface area contributed by atoms with Crippen LogP contribution in [0.15, 0.2) is 29.4 Å². The maximum absolute atomic E-state index is 12.2. The minimum atomic E-state index is -0.677. The molecule has 1 amide bonds. The van der Waals surface area contributed by atoms with Gasteiger partial charge in [0.2, 0.25) is 5.91 Å². The fourth-order valence-electron chi connectivity index (χ4n) is 2.74. The van der Waals surface area contributed by atoms with Crippen molar-refractivity contribution in [3.63, 3.8) is 0 Å². The van der Waals surface area contributed by atoms with Crippen LogP contribution >= 0.6 is 11.6 Å². The molecule has 122 valence electrons. The molecule has 0 saturated carbocycles. The molecule has 1 aromatic carbocycles. The van der Waals surface area contributed by atoms with Gasteiger partial charge in [-0.15, -0.1) is 5.10 Å². The average Bonchev–Trinajstić information content (AvgIpc) is 2.82. The first-order chi connectivity index (χ1) is 11.0. The van der Waals surface area contributed by atoms with E-state index in [0.29, 0.717) is 17.9 Å². The maximum atomic E-state index is 12.2. The second-order valence-corrected chi connectivity index (χ2v) is 5.96. The Balaban J connectivity index is 2.02. The van der Waals surface area contributed by atoms with E-state index >= 15 is 0 Å². The van der Waals surface area contributed by atoms with Crippen LogP contribution in [0.2, 0.25) is 5.02 Å². The van der Waals surface area contributed by atoms with Gasteiger partial charge >= 0.3 is 5.97 Å². The van der Waals surface area contributed by atoms with Crippen molar-refractivity contribution in [1.29, 1.82) is 0 Å². The second kappa shape index (κ2) is 5.73. The monoisotopic (exact) mass is 336 g/mol. The van der Waals surface area contributed by atoms with Gasteiger partial charge < -0.3 is 4.74 Å². The van der Waals surface area contributed by atoms with Gasteiger partial charge in [-0.05, 0) is 38.1 Å². The SMILES string of the molecule is CCOC(=O)C1=NN(c2ccc(Cl)cc2)C2(C)CCC(=O)NN12. The number of carbonyl (C=O) groups is 2. The number of fused-ring (bicyclic) bond motifs is 1. The van der Waals surface area contributed by atoms with Gasteiger partial charge in [0.25, 0.3) is 5.84 Å². The van der Waals surface area contributed by atoms with Gasteiger partial charge in [-0.3, -0.25) is 10.2 Å². The Hall–Kier alpha value is -2.28. The van der Waals surface area contributed by atoms with Crippen LogP contribution in [0.25, 0.3) is 0 Å². The van der Waals surface area contributed by atoms with Gasteiger partial charge in [0.15, 0.2) is 5.66 Å². The standard InChI is InChI=1S/C15H17ClN4O3/c1-3-23-14(22)13-18-19(11-6-4-10(16)5-7-11)15(2)9-8-12(21)17-20(13)15/h4-7H,3,8-9H2,1-2H3,(H,17,21). The van der Waals surface area contributed by atoms with Crippen LogP contribution in [0.4, 0.5) is 5.69 Å². The van der Waals surface area contributed by atoms with E-state index in [0.717, 1.165) is 5.69 Å². The van der Waals surface area contributed by atoms with E-state index in [1.54, 1.807) is 24.1 Å². The number of amidine groups is 1. The second-order valence-electron chi connectivity index (χ2n) is 5.52. The minimum absolute atomic E-state index is 0.0670. The summed E-state index contributed by atoms with van der Waals surface area (Å²) in [4.78, 5) is 24.0. The smallest absolute Gasteiger partial charge is 0.377 e. The lowest BCUT2D eigenvalue weighted by atomic mass is 10.0. The Morgan fingerprint density at radius 2 is 2.13 bits per heavy atom. The highest BCUT2D eigenvalue weighted by molar-refractivity contribution is 6.36. The van der Waals surface area contributed by atoms with Crippen molar-refractivity contribution in [3.8, 4) is 0 Å². The summed E-state index contributed by atoms with van der Waals surface area (Å²) < 4.78 is 5.05. The van der Waals surface area contributed by atoms with Crippen molar-refractivity contribution in [2.24, 2.45) is 5.10 Å². The average molecular weight is 337 g/mol. The number of anilines is 1. The molecule has 7 nitrogen and oxygen atoms in total. The van der Waals surface area contributed by atoms with Crippen LogP contribution in [0.3, 0.4) is 0 Å². The van der Waals surface area contributed by atoms with Crippen LogP contribution in [0, 0.1) is 0 Å². The highest BCUT2D eigenvalue weighted by Gasteiger charge is 2.51. The number of nitrogens with zero attached hydrogens (tertiary/aromatic N) is 3. The summed E-state index contributed by atoms with van der Waals surface area (Å²) in [6.45, 7) is 3.87. The largest absolute Gasteiger partial charge is 0.460 e. The highest BCUT2D eigenvalue weighted by Crippen LogP contribution is 2.37. The van der Waals surface area contributed by atoms with E-state index < -0.39 is 11.6 Å². The summed E-state index contributed by atoms with van der Waals surface area (Å²) in [5, 5.41) is 8.22. The number of hydrazine groups is 1. The number of carbonyl (C=O) groups excluding carboxylic acids is 2. The Morgan fingerprint density at radius 1 is 1.43 bits per heavy atom. The molecule has 2 aliphatic rings. The molecular formula is C15H17ClN4O3. The number of hydrogen-bond donors (Lipinski definition) is 1. The van der Waals surface area contributed by atoms with E-state index in [9.17, 15) is 9.59 Å². The molecule has 0 aromatic heterocycles. The van der Waals surface area contributed by atoms with Crippen molar-refractivity contribution < 1.29 is 14.3 Å². The third kappa shape index (κ3) is 2.61. The number of rotatable bonds is 3. The van der Waals surface area contributed by atoms with Crippen molar-refractivity contribution in [2.75, 3.05) is 11.6 Å². The van der Waals surface area contributed by atoms with Crippen LogP contribution in [0.5, 0.6) is 0 Å². The van der Waals surface area contributed by atoms with Crippen LogP contribution in [0.1, 0.15) is 26.7 Å². The van der Waals surface area contributed by atoms with E-state index in [2.05, 4.69) is 10.5 Å². The van der Waals surface area contributed by atoms with E-state index in [4.69, 9.17) is 16.3 Å². The van der Waals surface area contributed by atoms with Gasteiger partial charge in [0.1, 0.15) is 0 Å². The normalized spacial score (nSPS) is 23.3. The molecule has 23 heavy (non-hydrogen) atoms. The molecule has 1 saturated heterocycles. The van der Waals surface area contributed by atoms with Crippen molar-refractivity contribution in [3.05, 3.63) is 29.3 Å². The first kappa shape index (κ1) is 15.6. The number of esters is 1. The Morgan fingerprint density at radius 3 is 2.78 bits per heavy atom. The molecule has 1 fully saturated rings. The number of hydrazone groups is 1. The van der Waals surface area contributed by atoms with Crippen molar-refractivity contribution in [1.82, 2.24) is 10.4 Å². The zero-order valence-electron chi connectivity index (χ0n) is 12.9. The molecule has 8 heteroatoms. The molecule has 0 spiro atoms. The zero-order chi connectivity index (χ0) is 16.6. The van der Waals surface area contributed by atoms with Crippen molar-refractivity contribution >= 4 is 35.0 Å². The molecule has 0 aliphatic carbocycles. The molecule has 1 atom stereocenters. The summed E-state index contributed by atoms with van der Waals surface area (Å²) in [7, 11) is 0. The van der Waals surface area contributed by atoms with E-state index in [1.807, 2.05) is 19.1 Å². The number of benzene rings is 1. The topological polar surface area (TPSA) is 74.2 Å². The molecule has 0 bridgehead atoms. The molecule has 1 aromatic rings. The van der Waals surface area contributed by atoms with E-state index in [1.165, 1.54) is 5.01 Å². The number of halogens is 1. The first-order valence-corrected chi connectivity index (χ1v) is 7.75. The van der Waals surface area contributed by atoms with Gasteiger partial charge in [0.05, 0.1) is 12.3 Å². The lowest BCUT2D eigenvalue weighted by Crippen LogP contribution is -2.64. The van der Waals surface area contributed by atoms with Crippen LogP contribution < -0.4 is 10.4 Å². The van der Waals surface area contributed by atoms with Gasteiger partial charge in [0, 0.05) is 17.9 Å². The fraction of sp³-hybridized carbons (Fsp3) is 0.400. The Kier molecular flexibility index (Phi) is 3.89. The summed E-state index contributed by atoms with van der Waals surface area (Å²) in [6.07, 6.45) is 0.872. The molecule has 2 heterocycles. The quantitative estimate of drug-likeness (QED) is 0.853. The number of nitrogens with one attached hydrogen (secondary N) is 1. The van der Waals surface area contributed by atoms with Gasteiger partial charge in [-0.1, -0.05) is 11.6 Å². The van der Waals surface area contributed by atoms with E-state index in [-0.39, 0.29) is 18.3 Å². The Labute approximate surface area is 138 Å². The lowest BCUT2D eigenvalue weighted by Gasteiger charge is -2.43. The van der Waals surface area contributed by atoms with Gasteiger partial charge in [-0.2, -0.15) is 0 Å². The first-order valence-electron chi connectivity index (χ1n) is 7.37. The summed E-state index contributed by atoms with van der Waals surface area (Å²) in [6, 6.07) is 7.15. The number of hydrogen-bond acceptors (Lipinski definition) is 6. The minimum Gasteiger partial charge on any atom is -0.460 e. The highest BCUT2D eigenvalue weighted by atomic mass is 35.5. The van der Waals surface area contributed by atoms with Crippen molar-refractivity contribution in [2.45, 2.75) is 32.4 Å². The summed E-state index contributed by atoms with van der Waals surface area (Å²) in [5.41, 5.74) is 2.81. The molecular weight excluding hydrogens is 320 g/mol. The summed E-state index contributed by atoms with van der Waals surface area (Å²) >= 11 is 5.93. The lowest BCUT2D eigenvalue weighted by molar-refractivity contribution is -0.137. The third-order valence-corrected chi connectivity index (χ3v) is 4.19. The third-order valence-electron chi connectivity index (χ3n) is 3.94. The van der Waals surface area contributed by atoms with Gasteiger partial charge in [-0.25, -0.2) is 14.8 Å². The Bertz CT molecular complexity index is 676. The predicted octanol–water partition coefficient (Wildman–Crippen LogP) is 1.88. The fourth-order valence-corrected chi connectivity index (χ4v) is 2.86.